The Labute approximate surface area is 112 Å². The summed E-state index contributed by atoms with van der Waals surface area (Å²) >= 11 is 0. The molecule has 2 rings (SSSR count). The normalized spacial score (nSPS) is 11.2. The molecule has 0 spiro atoms. The molecule has 3 N–H and O–H groups in total. The van der Waals surface area contributed by atoms with Crippen molar-refractivity contribution < 1.29 is 4.39 Å². The first-order chi connectivity index (χ1) is 9.11. The van der Waals surface area contributed by atoms with Crippen LogP contribution in [0.25, 0.3) is 11.3 Å². The van der Waals surface area contributed by atoms with E-state index in [0.717, 1.165) is 35.5 Å². The van der Waals surface area contributed by atoms with Gasteiger partial charge in [0.2, 0.25) is 0 Å². The summed E-state index contributed by atoms with van der Waals surface area (Å²) < 4.78 is 13.1. The van der Waals surface area contributed by atoms with E-state index in [0.29, 0.717) is 6.54 Å². The first-order valence-corrected chi connectivity index (χ1v) is 6.29. The number of aromatic amines is 1. The van der Waals surface area contributed by atoms with Crippen molar-refractivity contribution in [1.29, 1.82) is 0 Å². The predicted molar refractivity (Wildman–Crippen MR) is 74.1 cm³/mol. The van der Waals surface area contributed by atoms with E-state index in [2.05, 4.69) is 15.1 Å². The van der Waals surface area contributed by atoms with E-state index in [-0.39, 0.29) is 5.82 Å². The summed E-state index contributed by atoms with van der Waals surface area (Å²) in [6.45, 7) is 4.10. The maximum absolute atomic E-state index is 13.1. The van der Waals surface area contributed by atoms with Crippen LogP contribution in [0.1, 0.15) is 11.1 Å². The number of likely N-dealkylation sites (N-methyl/N-ethyl adjacent to an activating group) is 1. The van der Waals surface area contributed by atoms with Gasteiger partial charge in [0, 0.05) is 37.0 Å². The molecular weight excluding hydrogens is 243 g/mol. The van der Waals surface area contributed by atoms with Crippen LogP contribution < -0.4 is 5.73 Å². The molecule has 1 aromatic heterocycles. The smallest absolute Gasteiger partial charge is 0.123 e. The van der Waals surface area contributed by atoms with Crippen molar-refractivity contribution in [2.45, 2.75) is 13.5 Å². The molecule has 0 fully saturated rings. The highest BCUT2D eigenvalue weighted by Gasteiger charge is 2.12. The SMILES string of the molecule is Cc1cc(F)ccc1-c1n[nH]cc1CN(C)CCN. The van der Waals surface area contributed by atoms with Crippen LogP contribution in [0, 0.1) is 12.7 Å². The molecule has 0 bridgehead atoms. The minimum atomic E-state index is -0.224. The quantitative estimate of drug-likeness (QED) is 0.865. The number of halogens is 1. The zero-order valence-corrected chi connectivity index (χ0v) is 11.3. The van der Waals surface area contributed by atoms with Crippen LogP contribution in [0.2, 0.25) is 0 Å². The standard InChI is InChI=1S/C14H19FN4/c1-10-7-12(15)3-4-13(10)14-11(8-17-18-14)9-19(2)6-5-16/h3-4,7-8H,5-6,9,16H2,1-2H3,(H,17,18). The second-order valence-electron chi connectivity index (χ2n) is 4.74. The van der Waals surface area contributed by atoms with Crippen LogP contribution in [0.15, 0.2) is 24.4 Å². The number of aryl methyl sites for hydroxylation is 1. The highest BCUT2D eigenvalue weighted by molar-refractivity contribution is 5.66. The van der Waals surface area contributed by atoms with Gasteiger partial charge in [0.25, 0.3) is 0 Å². The third-order valence-corrected chi connectivity index (χ3v) is 3.11. The topological polar surface area (TPSA) is 57.9 Å². The number of hydrogen-bond donors (Lipinski definition) is 2. The van der Waals surface area contributed by atoms with Gasteiger partial charge in [-0.3, -0.25) is 5.10 Å². The van der Waals surface area contributed by atoms with Crippen molar-refractivity contribution in [2.24, 2.45) is 5.73 Å². The van der Waals surface area contributed by atoms with Crippen molar-refractivity contribution in [3.8, 4) is 11.3 Å². The van der Waals surface area contributed by atoms with Crippen LogP contribution in [-0.4, -0.2) is 35.2 Å². The average molecular weight is 262 g/mol. The number of H-pyrrole nitrogens is 1. The summed E-state index contributed by atoms with van der Waals surface area (Å²) in [6, 6.07) is 4.76. The fraction of sp³-hybridized carbons (Fsp3) is 0.357. The van der Waals surface area contributed by atoms with E-state index in [1.165, 1.54) is 12.1 Å². The second kappa shape index (κ2) is 5.95. The van der Waals surface area contributed by atoms with Crippen LogP contribution in [0.5, 0.6) is 0 Å². The Morgan fingerprint density at radius 1 is 1.42 bits per heavy atom. The second-order valence-corrected chi connectivity index (χ2v) is 4.74. The average Bonchev–Trinajstić information content (AvgIpc) is 2.77. The molecule has 0 aliphatic rings. The summed E-state index contributed by atoms with van der Waals surface area (Å²) in [5.74, 6) is -0.224. The Bertz CT molecular complexity index is 550. The molecule has 1 aromatic carbocycles. The number of hydrogen-bond acceptors (Lipinski definition) is 3. The molecule has 5 heteroatoms. The molecule has 2 aromatic rings. The van der Waals surface area contributed by atoms with Gasteiger partial charge in [0.15, 0.2) is 0 Å². The first-order valence-electron chi connectivity index (χ1n) is 6.29. The minimum Gasteiger partial charge on any atom is -0.329 e. The number of nitrogens with two attached hydrogens (primary N) is 1. The summed E-state index contributed by atoms with van der Waals surface area (Å²) in [5, 5.41) is 7.17. The highest BCUT2D eigenvalue weighted by Crippen LogP contribution is 2.25. The van der Waals surface area contributed by atoms with Gasteiger partial charge in [-0.2, -0.15) is 5.10 Å². The minimum absolute atomic E-state index is 0.224. The van der Waals surface area contributed by atoms with E-state index >= 15 is 0 Å². The van der Waals surface area contributed by atoms with Gasteiger partial charge in [0.05, 0.1) is 5.69 Å². The molecule has 0 radical (unpaired) electrons. The lowest BCUT2D eigenvalue weighted by atomic mass is 10.0. The molecule has 0 amide bonds. The summed E-state index contributed by atoms with van der Waals surface area (Å²) in [4.78, 5) is 2.13. The molecule has 0 aliphatic carbocycles. The Morgan fingerprint density at radius 2 is 2.21 bits per heavy atom. The van der Waals surface area contributed by atoms with Crippen molar-refractivity contribution in [3.63, 3.8) is 0 Å². The van der Waals surface area contributed by atoms with Crippen LogP contribution in [-0.2, 0) is 6.54 Å². The van der Waals surface area contributed by atoms with Crippen LogP contribution in [0.4, 0.5) is 4.39 Å². The number of nitrogens with zero attached hydrogens (tertiary/aromatic N) is 2. The van der Waals surface area contributed by atoms with Gasteiger partial charge in [-0.15, -0.1) is 0 Å². The van der Waals surface area contributed by atoms with Crippen molar-refractivity contribution in [3.05, 3.63) is 41.3 Å². The maximum atomic E-state index is 13.1. The maximum Gasteiger partial charge on any atom is 0.123 e. The van der Waals surface area contributed by atoms with Gasteiger partial charge in [-0.05, 0) is 37.7 Å². The summed E-state index contributed by atoms with van der Waals surface area (Å²) in [5.41, 5.74) is 9.35. The zero-order chi connectivity index (χ0) is 13.8. The van der Waals surface area contributed by atoms with Crippen molar-refractivity contribution in [2.75, 3.05) is 20.1 Å². The molecule has 0 saturated heterocycles. The van der Waals surface area contributed by atoms with Crippen LogP contribution in [0.3, 0.4) is 0 Å². The molecule has 1 heterocycles. The third-order valence-electron chi connectivity index (χ3n) is 3.11. The van der Waals surface area contributed by atoms with Gasteiger partial charge >= 0.3 is 0 Å². The van der Waals surface area contributed by atoms with Crippen molar-refractivity contribution >= 4 is 0 Å². The molecule has 102 valence electrons. The van der Waals surface area contributed by atoms with E-state index in [1.807, 2.05) is 20.2 Å². The molecular formula is C14H19FN4. The molecule has 0 aliphatic heterocycles. The third kappa shape index (κ3) is 3.19. The molecule has 19 heavy (non-hydrogen) atoms. The van der Waals surface area contributed by atoms with Gasteiger partial charge in [-0.25, -0.2) is 4.39 Å². The molecule has 4 nitrogen and oxygen atoms in total. The number of rotatable bonds is 5. The van der Waals surface area contributed by atoms with Gasteiger partial charge < -0.3 is 10.6 Å². The first kappa shape index (κ1) is 13.7. The van der Waals surface area contributed by atoms with E-state index < -0.39 is 0 Å². The lowest BCUT2D eigenvalue weighted by Gasteiger charge is -2.15. The molecule has 0 saturated carbocycles. The van der Waals surface area contributed by atoms with Gasteiger partial charge in [0.1, 0.15) is 5.82 Å². The fourth-order valence-corrected chi connectivity index (χ4v) is 2.15. The number of nitrogens with one attached hydrogen (secondary N) is 1. The summed E-state index contributed by atoms with van der Waals surface area (Å²) in [7, 11) is 2.02. The van der Waals surface area contributed by atoms with E-state index in [9.17, 15) is 4.39 Å². The lowest BCUT2D eigenvalue weighted by Crippen LogP contribution is -2.25. The van der Waals surface area contributed by atoms with Crippen molar-refractivity contribution in [1.82, 2.24) is 15.1 Å². The van der Waals surface area contributed by atoms with Crippen LogP contribution >= 0.6 is 0 Å². The summed E-state index contributed by atoms with van der Waals surface area (Å²) in [6.07, 6.45) is 1.88. The van der Waals surface area contributed by atoms with Gasteiger partial charge in [-0.1, -0.05) is 0 Å². The Balaban J connectivity index is 2.28. The Morgan fingerprint density at radius 3 is 2.89 bits per heavy atom. The number of aromatic nitrogens is 2. The largest absolute Gasteiger partial charge is 0.329 e. The fourth-order valence-electron chi connectivity index (χ4n) is 2.15. The number of benzene rings is 1. The highest BCUT2D eigenvalue weighted by atomic mass is 19.1. The molecule has 0 atom stereocenters. The zero-order valence-electron chi connectivity index (χ0n) is 11.3. The Kier molecular flexibility index (Phi) is 4.29. The monoisotopic (exact) mass is 262 g/mol. The Hall–Kier alpha value is -1.72. The van der Waals surface area contributed by atoms with E-state index in [4.69, 9.17) is 5.73 Å². The van der Waals surface area contributed by atoms with E-state index in [1.54, 1.807) is 6.07 Å². The lowest BCUT2D eigenvalue weighted by molar-refractivity contribution is 0.337. The predicted octanol–water partition coefficient (Wildman–Crippen LogP) is 1.91. The molecule has 0 unspecified atom stereocenters.